The van der Waals surface area contributed by atoms with Gasteiger partial charge in [0.25, 0.3) is 0 Å². The van der Waals surface area contributed by atoms with Crippen LogP contribution in [0.2, 0.25) is 0 Å². The van der Waals surface area contributed by atoms with E-state index in [1.165, 1.54) is 0 Å². The molecule has 0 saturated carbocycles. The first-order chi connectivity index (χ1) is 8.49. The van der Waals surface area contributed by atoms with E-state index < -0.39 is 10.0 Å². The standard InChI is InChI=1S/C13H27NO3S/c1-3-13(4-2)7-9-14(10-8-13)18(16,17)12-6-5-11-15/h15H,3-12H2,1-2H3. The van der Waals surface area contributed by atoms with Crippen LogP contribution in [-0.2, 0) is 10.0 Å². The van der Waals surface area contributed by atoms with E-state index in [-0.39, 0.29) is 12.4 Å². The van der Waals surface area contributed by atoms with Crippen LogP contribution in [0.25, 0.3) is 0 Å². The van der Waals surface area contributed by atoms with E-state index in [1.807, 2.05) is 0 Å². The summed E-state index contributed by atoms with van der Waals surface area (Å²) < 4.78 is 25.8. The summed E-state index contributed by atoms with van der Waals surface area (Å²) in [5, 5.41) is 8.70. The first-order valence-corrected chi connectivity index (χ1v) is 8.69. The number of sulfonamides is 1. The summed E-state index contributed by atoms with van der Waals surface area (Å²) in [6, 6.07) is 0. The van der Waals surface area contributed by atoms with Gasteiger partial charge in [0.15, 0.2) is 0 Å². The summed E-state index contributed by atoms with van der Waals surface area (Å²) >= 11 is 0. The molecule has 1 aliphatic rings. The van der Waals surface area contributed by atoms with Gasteiger partial charge in [-0.15, -0.1) is 0 Å². The molecule has 0 amide bonds. The van der Waals surface area contributed by atoms with E-state index in [9.17, 15) is 8.42 Å². The van der Waals surface area contributed by atoms with E-state index in [0.29, 0.717) is 31.3 Å². The van der Waals surface area contributed by atoms with Crippen molar-refractivity contribution in [2.24, 2.45) is 5.41 Å². The van der Waals surface area contributed by atoms with E-state index in [4.69, 9.17) is 5.11 Å². The highest BCUT2D eigenvalue weighted by Crippen LogP contribution is 2.38. The minimum atomic E-state index is -3.10. The van der Waals surface area contributed by atoms with Gasteiger partial charge in [-0.1, -0.05) is 26.7 Å². The Morgan fingerprint density at radius 3 is 2.11 bits per heavy atom. The fourth-order valence-corrected chi connectivity index (χ4v) is 4.29. The minimum Gasteiger partial charge on any atom is -0.396 e. The molecular weight excluding hydrogens is 250 g/mol. The molecule has 4 nitrogen and oxygen atoms in total. The van der Waals surface area contributed by atoms with Gasteiger partial charge in [0.05, 0.1) is 5.75 Å². The fourth-order valence-electron chi connectivity index (χ4n) is 2.72. The largest absolute Gasteiger partial charge is 0.396 e. The molecule has 1 N–H and O–H groups in total. The molecule has 5 heteroatoms. The molecule has 1 aliphatic heterocycles. The lowest BCUT2D eigenvalue weighted by Gasteiger charge is -2.40. The van der Waals surface area contributed by atoms with E-state index in [2.05, 4.69) is 13.8 Å². The van der Waals surface area contributed by atoms with Gasteiger partial charge in [0, 0.05) is 19.7 Å². The molecule has 0 spiro atoms. The summed E-state index contributed by atoms with van der Waals surface area (Å²) in [7, 11) is -3.10. The van der Waals surface area contributed by atoms with Crippen molar-refractivity contribution in [3.63, 3.8) is 0 Å². The van der Waals surface area contributed by atoms with Crippen molar-refractivity contribution in [1.82, 2.24) is 4.31 Å². The number of hydrogen-bond acceptors (Lipinski definition) is 3. The molecule has 0 aliphatic carbocycles. The minimum absolute atomic E-state index is 0.0737. The van der Waals surface area contributed by atoms with E-state index in [1.54, 1.807) is 4.31 Å². The Morgan fingerprint density at radius 2 is 1.67 bits per heavy atom. The zero-order valence-electron chi connectivity index (χ0n) is 11.7. The fraction of sp³-hybridized carbons (Fsp3) is 1.00. The Hall–Kier alpha value is -0.130. The smallest absolute Gasteiger partial charge is 0.214 e. The third kappa shape index (κ3) is 3.93. The van der Waals surface area contributed by atoms with Gasteiger partial charge < -0.3 is 5.11 Å². The first-order valence-electron chi connectivity index (χ1n) is 7.08. The third-order valence-electron chi connectivity index (χ3n) is 4.49. The Kier molecular flexibility index (Phi) is 6.08. The second-order valence-corrected chi connectivity index (χ2v) is 7.44. The van der Waals surface area contributed by atoms with Crippen LogP contribution in [0.1, 0.15) is 52.4 Å². The summed E-state index contributed by atoms with van der Waals surface area (Å²) in [5.74, 6) is 0.179. The number of aliphatic hydroxyl groups excluding tert-OH is 1. The highest BCUT2D eigenvalue weighted by atomic mass is 32.2. The van der Waals surface area contributed by atoms with Crippen molar-refractivity contribution < 1.29 is 13.5 Å². The van der Waals surface area contributed by atoms with Crippen LogP contribution in [-0.4, -0.2) is 43.3 Å². The van der Waals surface area contributed by atoms with Gasteiger partial charge in [-0.05, 0) is 31.1 Å². The van der Waals surface area contributed by atoms with Gasteiger partial charge in [-0.3, -0.25) is 0 Å². The molecule has 0 radical (unpaired) electrons. The van der Waals surface area contributed by atoms with Gasteiger partial charge in [-0.25, -0.2) is 12.7 Å². The molecular formula is C13H27NO3S. The number of aliphatic hydroxyl groups is 1. The predicted octanol–water partition coefficient (Wildman–Crippen LogP) is 1.99. The average molecular weight is 277 g/mol. The SMILES string of the molecule is CCC1(CC)CCN(S(=O)(=O)CCCCO)CC1. The number of piperidine rings is 1. The molecule has 0 unspecified atom stereocenters. The maximum atomic E-state index is 12.1. The Morgan fingerprint density at radius 1 is 1.11 bits per heavy atom. The second kappa shape index (κ2) is 6.87. The van der Waals surface area contributed by atoms with Crippen LogP contribution < -0.4 is 0 Å². The van der Waals surface area contributed by atoms with Gasteiger partial charge >= 0.3 is 0 Å². The Bertz CT molecular complexity index is 326. The second-order valence-electron chi connectivity index (χ2n) is 5.35. The monoisotopic (exact) mass is 277 g/mol. The van der Waals surface area contributed by atoms with Crippen LogP contribution in [0.5, 0.6) is 0 Å². The predicted molar refractivity (Wildman–Crippen MR) is 73.9 cm³/mol. The molecule has 0 aromatic carbocycles. The first kappa shape index (κ1) is 15.9. The van der Waals surface area contributed by atoms with Crippen molar-refractivity contribution >= 4 is 10.0 Å². The lowest BCUT2D eigenvalue weighted by Crippen LogP contribution is -2.43. The number of hydrogen-bond donors (Lipinski definition) is 1. The highest BCUT2D eigenvalue weighted by Gasteiger charge is 2.35. The van der Waals surface area contributed by atoms with Crippen molar-refractivity contribution in [2.45, 2.75) is 52.4 Å². The summed E-state index contributed by atoms with van der Waals surface area (Å²) in [6.45, 7) is 5.82. The van der Waals surface area contributed by atoms with Crippen molar-refractivity contribution in [3.8, 4) is 0 Å². The molecule has 0 atom stereocenters. The maximum absolute atomic E-state index is 12.1. The van der Waals surface area contributed by atoms with Crippen molar-refractivity contribution in [1.29, 1.82) is 0 Å². The summed E-state index contributed by atoms with van der Waals surface area (Å²) in [6.07, 6.45) is 5.38. The number of rotatable bonds is 7. The summed E-state index contributed by atoms with van der Waals surface area (Å²) in [4.78, 5) is 0. The molecule has 1 fully saturated rings. The molecule has 0 aromatic heterocycles. The molecule has 108 valence electrons. The molecule has 1 heterocycles. The molecule has 0 aromatic rings. The number of unbranched alkanes of at least 4 members (excludes halogenated alkanes) is 1. The van der Waals surface area contributed by atoms with Crippen molar-refractivity contribution in [3.05, 3.63) is 0 Å². The molecule has 1 saturated heterocycles. The summed E-state index contributed by atoms with van der Waals surface area (Å²) in [5.41, 5.74) is 0.358. The molecule has 1 rings (SSSR count). The van der Waals surface area contributed by atoms with Crippen LogP contribution >= 0.6 is 0 Å². The highest BCUT2D eigenvalue weighted by molar-refractivity contribution is 7.89. The van der Waals surface area contributed by atoms with E-state index >= 15 is 0 Å². The average Bonchev–Trinajstić information content (AvgIpc) is 2.39. The number of nitrogens with zero attached hydrogens (tertiary/aromatic N) is 1. The quantitative estimate of drug-likeness (QED) is 0.724. The Labute approximate surface area is 111 Å². The topological polar surface area (TPSA) is 57.6 Å². The zero-order valence-corrected chi connectivity index (χ0v) is 12.5. The maximum Gasteiger partial charge on any atom is 0.214 e. The van der Waals surface area contributed by atoms with Gasteiger partial charge in [-0.2, -0.15) is 0 Å². The van der Waals surface area contributed by atoms with Crippen LogP contribution in [0.4, 0.5) is 0 Å². The zero-order chi connectivity index (χ0) is 13.6. The Balaban J connectivity index is 2.51. The van der Waals surface area contributed by atoms with Crippen LogP contribution in [0.15, 0.2) is 0 Å². The third-order valence-corrected chi connectivity index (χ3v) is 6.44. The lowest BCUT2D eigenvalue weighted by molar-refractivity contribution is 0.141. The van der Waals surface area contributed by atoms with Gasteiger partial charge in [0.2, 0.25) is 10.0 Å². The van der Waals surface area contributed by atoms with Gasteiger partial charge in [0.1, 0.15) is 0 Å². The van der Waals surface area contributed by atoms with E-state index in [0.717, 1.165) is 25.7 Å². The molecule has 18 heavy (non-hydrogen) atoms. The lowest BCUT2D eigenvalue weighted by atomic mass is 9.75. The van der Waals surface area contributed by atoms with Crippen LogP contribution in [0.3, 0.4) is 0 Å². The van der Waals surface area contributed by atoms with Crippen molar-refractivity contribution in [2.75, 3.05) is 25.4 Å². The normalized spacial score (nSPS) is 21.1. The van der Waals surface area contributed by atoms with Crippen LogP contribution in [0, 0.1) is 5.41 Å². The molecule has 0 bridgehead atoms.